The first-order chi connectivity index (χ1) is 29.2. The summed E-state index contributed by atoms with van der Waals surface area (Å²) < 4.78 is 5.07. The Kier molecular flexibility index (Phi) is 52.0. The van der Waals surface area contributed by atoms with Crippen LogP contribution in [0.5, 0.6) is 0 Å². The van der Waals surface area contributed by atoms with Gasteiger partial charge in [-0.2, -0.15) is 0 Å². The van der Waals surface area contributed by atoms with Gasteiger partial charge in [-0.1, -0.05) is 296 Å². The molecule has 0 aliphatic rings. The Bertz CT molecular complexity index is 833. The molecule has 350 valence electrons. The van der Waals surface area contributed by atoms with Crippen LogP contribution in [0.1, 0.15) is 335 Å². The molecule has 0 unspecified atom stereocenters. The number of rotatable bonds is 51. The van der Waals surface area contributed by atoms with Crippen LogP contribution in [0.3, 0.4) is 0 Å². The highest BCUT2D eigenvalue weighted by molar-refractivity contribution is 5.85. The van der Waals surface area contributed by atoms with Crippen molar-refractivity contribution in [3.05, 3.63) is 12.2 Å². The van der Waals surface area contributed by atoms with Crippen LogP contribution in [-0.2, 0) is 14.3 Å². The van der Waals surface area contributed by atoms with Gasteiger partial charge in [-0.25, -0.2) is 0 Å². The normalized spacial score (nSPS) is 11.6. The first-order valence-electron chi connectivity index (χ1n) is 27.6. The van der Waals surface area contributed by atoms with E-state index in [-0.39, 0.29) is 11.9 Å². The Balaban J connectivity index is 3.24. The summed E-state index contributed by atoms with van der Waals surface area (Å²) in [7, 11) is 0. The zero-order valence-corrected chi connectivity index (χ0v) is 40.7. The summed E-state index contributed by atoms with van der Waals surface area (Å²) in [6.07, 6.45) is 70.7. The van der Waals surface area contributed by atoms with E-state index in [0.29, 0.717) is 12.8 Å². The fourth-order valence-electron chi connectivity index (χ4n) is 8.75. The van der Waals surface area contributed by atoms with E-state index in [9.17, 15) is 9.59 Å². The molecular formula is C56H108O3. The van der Waals surface area contributed by atoms with Gasteiger partial charge in [-0.15, -0.1) is 0 Å². The third-order valence-corrected chi connectivity index (χ3v) is 12.9. The van der Waals surface area contributed by atoms with Crippen LogP contribution in [0.4, 0.5) is 0 Å². The van der Waals surface area contributed by atoms with E-state index in [0.717, 1.165) is 25.7 Å². The number of esters is 2. The van der Waals surface area contributed by atoms with Crippen molar-refractivity contribution < 1.29 is 14.3 Å². The van der Waals surface area contributed by atoms with Crippen molar-refractivity contribution in [2.45, 2.75) is 335 Å². The highest BCUT2D eigenvalue weighted by Gasteiger charge is 2.10. The molecule has 0 aromatic heterocycles. The minimum absolute atomic E-state index is 0.321. The van der Waals surface area contributed by atoms with Gasteiger partial charge in [0, 0.05) is 12.8 Å². The molecule has 0 radical (unpaired) electrons. The van der Waals surface area contributed by atoms with Gasteiger partial charge >= 0.3 is 11.9 Å². The number of carbonyl (C=O) groups is 2. The van der Waals surface area contributed by atoms with Crippen LogP contribution in [0.15, 0.2) is 12.2 Å². The minimum Gasteiger partial charge on any atom is -0.393 e. The predicted molar refractivity (Wildman–Crippen MR) is 262 cm³/mol. The molecule has 0 fully saturated rings. The predicted octanol–water partition coefficient (Wildman–Crippen LogP) is 20.2. The van der Waals surface area contributed by atoms with Gasteiger partial charge < -0.3 is 4.74 Å². The molecule has 0 amide bonds. The molecular weight excluding hydrogens is 721 g/mol. The van der Waals surface area contributed by atoms with Crippen LogP contribution >= 0.6 is 0 Å². The number of carbonyl (C=O) groups excluding carboxylic acids is 2. The van der Waals surface area contributed by atoms with E-state index in [2.05, 4.69) is 26.0 Å². The van der Waals surface area contributed by atoms with Crippen LogP contribution in [-0.4, -0.2) is 11.9 Å². The maximum Gasteiger partial charge on any atom is 0.313 e. The monoisotopic (exact) mass is 829 g/mol. The van der Waals surface area contributed by atoms with Crippen LogP contribution in [0, 0.1) is 0 Å². The zero-order valence-electron chi connectivity index (χ0n) is 40.7. The molecule has 59 heavy (non-hydrogen) atoms. The van der Waals surface area contributed by atoms with Crippen LogP contribution in [0.2, 0.25) is 0 Å². The van der Waals surface area contributed by atoms with E-state index in [1.807, 2.05) is 0 Å². The molecule has 0 atom stereocenters. The summed E-state index contributed by atoms with van der Waals surface area (Å²) in [5.74, 6) is -0.643. The molecule has 0 aliphatic carbocycles. The molecule has 3 nitrogen and oxygen atoms in total. The second-order valence-corrected chi connectivity index (χ2v) is 19.0. The molecule has 0 aromatic carbocycles. The fraction of sp³-hybridized carbons (Fsp3) is 0.929. The molecule has 0 bridgehead atoms. The third-order valence-electron chi connectivity index (χ3n) is 12.9. The Morgan fingerprint density at radius 3 is 0.627 bits per heavy atom. The Labute approximate surface area is 372 Å². The molecule has 0 saturated heterocycles. The Hall–Kier alpha value is -1.12. The van der Waals surface area contributed by atoms with Crippen molar-refractivity contribution >= 4 is 11.9 Å². The van der Waals surface area contributed by atoms with Crippen LogP contribution < -0.4 is 0 Å². The highest BCUT2D eigenvalue weighted by Crippen LogP contribution is 2.18. The van der Waals surface area contributed by atoms with E-state index in [4.69, 9.17) is 4.74 Å². The topological polar surface area (TPSA) is 43.4 Å². The SMILES string of the molecule is CCCCCCCC/C=C\CCCCCCCCCCCC(=O)OC(=O)CCCCCCCCCCCCCCCCCCCCCCCCCCCCCCCCC. The van der Waals surface area contributed by atoms with E-state index < -0.39 is 0 Å². The van der Waals surface area contributed by atoms with Crippen molar-refractivity contribution in [1.29, 1.82) is 0 Å². The van der Waals surface area contributed by atoms with Gasteiger partial charge in [0.25, 0.3) is 0 Å². The van der Waals surface area contributed by atoms with E-state index in [1.54, 1.807) is 0 Å². The largest absolute Gasteiger partial charge is 0.393 e. The van der Waals surface area contributed by atoms with Crippen molar-refractivity contribution in [3.8, 4) is 0 Å². The highest BCUT2D eigenvalue weighted by atomic mass is 16.6. The fourth-order valence-corrected chi connectivity index (χ4v) is 8.75. The summed E-state index contributed by atoms with van der Waals surface area (Å²) in [6, 6.07) is 0. The Morgan fingerprint density at radius 1 is 0.254 bits per heavy atom. The van der Waals surface area contributed by atoms with E-state index in [1.165, 1.54) is 283 Å². The molecule has 0 rings (SSSR count). The molecule has 0 aromatic rings. The lowest BCUT2D eigenvalue weighted by Gasteiger charge is -2.05. The zero-order chi connectivity index (χ0) is 42.6. The molecule has 0 heterocycles. The molecule has 0 aliphatic heterocycles. The minimum atomic E-state index is -0.322. The van der Waals surface area contributed by atoms with Gasteiger partial charge in [0.1, 0.15) is 0 Å². The summed E-state index contributed by atoms with van der Waals surface area (Å²) in [5, 5.41) is 0. The van der Waals surface area contributed by atoms with Crippen molar-refractivity contribution in [2.75, 3.05) is 0 Å². The van der Waals surface area contributed by atoms with Gasteiger partial charge in [-0.05, 0) is 38.5 Å². The van der Waals surface area contributed by atoms with Gasteiger partial charge in [0.2, 0.25) is 0 Å². The van der Waals surface area contributed by atoms with Gasteiger partial charge in [0.15, 0.2) is 0 Å². The first-order valence-corrected chi connectivity index (χ1v) is 27.6. The molecule has 0 saturated carbocycles. The van der Waals surface area contributed by atoms with E-state index >= 15 is 0 Å². The Morgan fingerprint density at radius 2 is 0.424 bits per heavy atom. The quantitative estimate of drug-likeness (QED) is 0.0265. The average Bonchev–Trinajstić information content (AvgIpc) is 3.23. The number of ether oxygens (including phenoxy) is 1. The molecule has 3 heteroatoms. The van der Waals surface area contributed by atoms with Crippen molar-refractivity contribution in [1.82, 2.24) is 0 Å². The number of hydrogen-bond acceptors (Lipinski definition) is 3. The lowest BCUT2D eigenvalue weighted by atomic mass is 10.0. The second kappa shape index (κ2) is 53.0. The molecule has 0 spiro atoms. The average molecular weight is 829 g/mol. The summed E-state index contributed by atoms with van der Waals surface area (Å²) >= 11 is 0. The first kappa shape index (κ1) is 57.9. The number of hydrogen-bond donors (Lipinski definition) is 0. The second-order valence-electron chi connectivity index (χ2n) is 19.0. The van der Waals surface area contributed by atoms with Crippen molar-refractivity contribution in [3.63, 3.8) is 0 Å². The number of allylic oxidation sites excluding steroid dienone is 2. The standard InChI is InChI=1S/C56H108O3/c1-3-5-7-9-11-13-15-17-19-21-23-24-25-26-27-28-29-30-31-32-33-34-36-38-40-42-44-46-48-50-52-54-56(58)59-55(57)53-51-49-47-45-43-41-39-37-35-22-20-18-16-14-12-10-8-6-4-2/h18,20H,3-17,19,21-54H2,1-2H3/b20-18-. The number of unbranched alkanes of at least 4 members (excludes halogenated alkanes) is 45. The van der Waals surface area contributed by atoms with Gasteiger partial charge in [-0.3, -0.25) is 9.59 Å². The third kappa shape index (κ3) is 53.0. The molecule has 0 N–H and O–H groups in total. The van der Waals surface area contributed by atoms with Crippen LogP contribution in [0.25, 0.3) is 0 Å². The lowest BCUT2D eigenvalue weighted by molar-refractivity contribution is -0.159. The summed E-state index contributed by atoms with van der Waals surface area (Å²) in [5.41, 5.74) is 0. The maximum atomic E-state index is 12.1. The smallest absolute Gasteiger partial charge is 0.313 e. The maximum absolute atomic E-state index is 12.1. The summed E-state index contributed by atoms with van der Waals surface area (Å²) in [4.78, 5) is 24.1. The lowest BCUT2D eigenvalue weighted by Crippen LogP contribution is -2.11. The van der Waals surface area contributed by atoms with Gasteiger partial charge in [0.05, 0.1) is 0 Å². The van der Waals surface area contributed by atoms with Crippen molar-refractivity contribution in [2.24, 2.45) is 0 Å². The summed E-state index contributed by atoms with van der Waals surface area (Å²) in [6.45, 7) is 4.58.